The van der Waals surface area contributed by atoms with Crippen LogP contribution in [0.2, 0.25) is 0 Å². The Morgan fingerprint density at radius 3 is 2.53 bits per heavy atom. The molecule has 2 aromatic heterocycles. The molecule has 11 heteroatoms. The molecule has 0 radical (unpaired) electrons. The van der Waals surface area contributed by atoms with Crippen LogP contribution in [0.5, 0.6) is 0 Å². The molecule has 0 aliphatic carbocycles. The van der Waals surface area contributed by atoms with Gasteiger partial charge < -0.3 is 20.4 Å². The first-order valence-electron chi connectivity index (χ1n) is 12.1. The summed E-state index contributed by atoms with van der Waals surface area (Å²) < 4.78 is 20.0. The van der Waals surface area contributed by atoms with Crippen molar-refractivity contribution in [2.75, 3.05) is 31.5 Å². The first-order chi connectivity index (χ1) is 18.3. The lowest BCUT2D eigenvalue weighted by Crippen LogP contribution is -2.51. The second-order valence-corrected chi connectivity index (χ2v) is 9.03. The molecule has 3 heterocycles. The highest BCUT2D eigenvalue weighted by atomic mass is 19.1. The fraction of sp³-hybridized carbons (Fsp3) is 0.222. The lowest BCUT2D eigenvalue weighted by atomic mass is 10.0. The van der Waals surface area contributed by atoms with Crippen LogP contribution in [-0.4, -0.2) is 63.6 Å². The summed E-state index contributed by atoms with van der Waals surface area (Å²) >= 11 is 0. The zero-order valence-electron chi connectivity index (χ0n) is 20.6. The Labute approximate surface area is 217 Å². The number of halogens is 1. The molecule has 194 valence electrons. The van der Waals surface area contributed by atoms with Gasteiger partial charge in [0.25, 0.3) is 5.91 Å². The number of oxazole rings is 1. The fourth-order valence-corrected chi connectivity index (χ4v) is 4.61. The van der Waals surface area contributed by atoms with Crippen LogP contribution in [0.1, 0.15) is 29.0 Å². The van der Waals surface area contributed by atoms with Gasteiger partial charge in [0.2, 0.25) is 11.8 Å². The Hall–Kier alpha value is -4.64. The predicted molar refractivity (Wildman–Crippen MR) is 140 cm³/mol. The molecule has 0 spiro atoms. The van der Waals surface area contributed by atoms with Crippen molar-refractivity contribution in [3.8, 4) is 11.5 Å². The van der Waals surface area contributed by atoms with E-state index < -0.39 is 11.7 Å². The number of nitrogens with zero attached hydrogens (tertiary/aromatic N) is 4. The summed E-state index contributed by atoms with van der Waals surface area (Å²) in [5, 5.41) is 10.5. The first-order valence-corrected chi connectivity index (χ1v) is 12.1. The van der Waals surface area contributed by atoms with E-state index in [0.29, 0.717) is 37.3 Å². The Bertz CT molecular complexity index is 1510. The Kier molecular flexibility index (Phi) is 6.84. The molecule has 38 heavy (non-hydrogen) atoms. The number of hydrogen-bond donors (Lipinski definition) is 3. The van der Waals surface area contributed by atoms with E-state index in [1.807, 2.05) is 30.3 Å². The number of carbonyl (C=O) groups is 2. The van der Waals surface area contributed by atoms with Crippen LogP contribution in [-0.2, 0) is 4.79 Å². The number of fused-ring (bicyclic) bond motifs is 1. The van der Waals surface area contributed by atoms with Gasteiger partial charge in [0.1, 0.15) is 17.0 Å². The van der Waals surface area contributed by atoms with Gasteiger partial charge in [-0.2, -0.15) is 0 Å². The van der Waals surface area contributed by atoms with Crippen molar-refractivity contribution in [1.82, 2.24) is 19.8 Å². The zero-order chi connectivity index (χ0) is 26.8. The van der Waals surface area contributed by atoms with Crippen molar-refractivity contribution in [3.63, 3.8) is 0 Å². The first kappa shape index (κ1) is 25.0. The zero-order valence-corrected chi connectivity index (χ0v) is 20.6. The molecule has 1 saturated heterocycles. The third-order valence-corrected chi connectivity index (χ3v) is 6.39. The normalized spacial score (nSPS) is 14.8. The molecule has 1 fully saturated rings. The Morgan fingerprint density at radius 2 is 1.84 bits per heavy atom. The molecule has 10 nitrogen and oxygen atoms in total. The summed E-state index contributed by atoms with van der Waals surface area (Å²) in [5.74, 6) is -1.01. The lowest BCUT2D eigenvalue weighted by molar-refractivity contribution is -0.114. The Morgan fingerprint density at radius 1 is 1.11 bits per heavy atom. The molecule has 2 amide bonds. The van der Waals surface area contributed by atoms with E-state index in [2.05, 4.69) is 20.2 Å². The largest absolute Gasteiger partial charge is 0.436 e. The van der Waals surface area contributed by atoms with Gasteiger partial charge in [0.05, 0.1) is 11.7 Å². The topological polar surface area (TPSA) is 141 Å². The van der Waals surface area contributed by atoms with Crippen molar-refractivity contribution in [1.29, 1.82) is 5.41 Å². The van der Waals surface area contributed by atoms with Gasteiger partial charge in [-0.1, -0.05) is 30.3 Å². The number of piperazine rings is 1. The molecule has 5 rings (SSSR count). The number of amides is 2. The Balaban J connectivity index is 1.31. The molecule has 4 aromatic rings. The van der Waals surface area contributed by atoms with Crippen LogP contribution in [0.4, 0.5) is 10.1 Å². The van der Waals surface area contributed by atoms with Crippen LogP contribution < -0.4 is 11.1 Å². The minimum absolute atomic E-state index is 0.00821. The smallest absolute Gasteiger partial charge is 0.272 e. The van der Waals surface area contributed by atoms with Crippen molar-refractivity contribution in [2.24, 2.45) is 5.73 Å². The van der Waals surface area contributed by atoms with Crippen molar-refractivity contribution < 1.29 is 18.4 Å². The van der Waals surface area contributed by atoms with E-state index in [1.165, 1.54) is 19.2 Å². The lowest BCUT2D eigenvalue weighted by Gasteiger charge is -2.38. The van der Waals surface area contributed by atoms with Crippen molar-refractivity contribution in [2.45, 2.75) is 13.0 Å². The maximum Gasteiger partial charge on any atom is 0.272 e. The molecular formula is C27H26FN7O3. The summed E-state index contributed by atoms with van der Waals surface area (Å²) in [5.41, 5.74) is 8.19. The van der Waals surface area contributed by atoms with E-state index in [9.17, 15) is 14.0 Å². The summed E-state index contributed by atoms with van der Waals surface area (Å²) in [7, 11) is 0. The molecule has 4 N–H and O–H groups in total. The average Bonchev–Trinajstić information content (AvgIpc) is 3.32. The van der Waals surface area contributed by atoms with Gasteiger partial charge >= 0.3 is 0 Å². The van der Waals surface area contributed by atoms with Crippen LogP contribution >= 0.6 is 0 Å². The van der Waals surface area contributed by atoms with Crippen LogP contribution in [0.25, 0.3) is 22.6 Å². The highest BCUT2D eigenvalue weighted by Gasteiger charge is 2.29. The predicted octanol–water partition coefficient (Wildman–Crippen LogP) is 3.42. The van der Waals surface area contributed by atoms with Crippen molar-refractivity contribution in [3.05, 3.63) is 77.9 Å². The van der Waals surface area contributed by atoms with E-state index in [-0.39, 0.29) is 40.6 Å². The van der Waals surface area contributed by atoms with Gasteiger partial charge in [0, 0.05) is 50.9 Å². The van der Waals surface area contributed by atoms with E-state index in [4.69, 9.17) is 15.6 Å². The second-order valence-electron chi connectivity index (χ2n) is 9.03. The van der Waals surface area contributed by atoms with E-state index in [0.717, 1.165) is 11.6 Å². The summed E-state index contributed by atoms with van der Waals surface area (Å²) in [6, 6.07) is 15.1. The SMILES string of the molecule is CC(=O)Nc1cc2nc(-c3ccnc(C(=O)N4CCN(C(C(=N)N)c5ccccc5)CC4)c3)oc2cc1F. The maximum atomic E-state index is 14.3. The molecule has 1 aliphatic heterocycles. The third kappa shape index (κ3) is 5.09. The van der Waals surface area contributed by atoms with Gasteiger partial charge in [-0.3, -0.25) is 24.9 Å². The van der Waals surface area contributed by atoms with Crippen LogP contribution in [0.3, 0.4) is 0 Å². The van der Waals surface area contributed by atoms with E-state index >= 15 is 0 Å². The molecule has 1 atom stereocenters. The van der Waals surface area contributed by atoms with Gasteiger partial charge in [-0.05, 0) is 23.8 Å². The van der Waals surface area contributed by atoms with Gasteiger partial charge in [-0.25, -0.2) is 9.37 Å². The summed E-state index contributed by atoms with van der Waals surface area (Å²) in [4.78, 5) is 37.1. The molecule has 1 unspecified atom stereocenters. The van der Waals surface area contributed by atoms with Crippen molar-refractivity contribution >= 4 is 34.4 Å². The number of aromatic nitrogens is 2. The maximum absolute atomic E-state index is 14.3. The van der Waals surface area contributed by atoms with Crippen LogP contribution in [0.15, 0.2) is 65.2 Å². The summed E-state index contributed by atoms with van der Waals surface area (Å²) in [6.07, 6.45) is 1.50. The average molecular weight is 516 g/mol. The number of hydrogen-bond acceptors (Lipinski definition) is 7. The molecule has 1 aliphatic rings. The number of amidine groups is 1. The standard InChI is InChI=1S/C27H26FN7O3/c1-16(36)32-20-15-21-23(14-19(20)28)38-26(33-21)18-7-8-31-22(13-18)27(37)35-11-9-34(10-12-35)24(25(29)30)17-5-3-2-4-6-17/h2-8,13-15,24H,9-12H2,1H3,(H3,29,30)(H,32,36). The third-order valence-electron chi connectivity index (χ3n) is 6.39. The van der Waals surface area contributed by atoms with Gasteiger partial charge in [-0.15, -0.1) is 0 Å². The number of anilines is 1. The number of pyridine rings is 1. The number of benzene rings is 2. The minimum atomic E-state index is -0.639. The monoisotopic (exact) mass is 515 g/mol. The quantitative estimate of drug-likeness (QED) is 0.264. The molecule has 2 aromatic carbocycles. The highest BCUT2D eigenvalue weighted by Crippen LogP contribution is 2.29. The minimum Gasteiger partial charge on any atom is -0.436 e. The highest BCUT2D eigenvalue weighted by molar-refractivity contribution is 5.94. The summed E-state index contributed by atoms with van der Waals surface area (Å²) in [6.45, 7) is 3.30. The van der Waals surface area contributed by atoms with E-state index in [1.54, 1.807) is 17.0 Å². The number of rotatable bonds is 6. The molecule has 0 bridgehead atoms. The number of carbonyl (C=O) groups excluding carboxylic acids is 2. The molecular weight excluding hydrogens is 489 g/mol. The second kappa shape index (κ2) is 10.4. The number of nitrogens with two attached hydrogens (primary N) is 1. The number of nitrogens with one attached hydrogen (secondary N) is 2. The van der Waals surface area contributed by atoms with Crippen LogP contribution in [0, 0.1) is 11.2 Å². The molecule has 0 saturated carbocycles. The van der Waals surface area contributed by atoms with Gasteiger partial charge in [0.15, 0.2) is 11.4 Å². The fourth-order valence-electron chi connectivity index (χ4n) is 4.61.